The molecule has 9 heteroatoms. The minimum Gasteiger partial charge on any atom is -0.799 e. The standard InChI is InChI=1S/C31H39FNO5P.Na/c1-31(2,3)30(37-5)26-14-20(10-13-24(26)25-16-29(36-4)33-17-28(25)32)18-38-23-9-7-8-22(15-23)27(21-11-12-21)19-39(6,34)35;/h7-10,13-17,21,27,30H,11-12,18-19H2,1-6H3,(H,34,35);/q;+1/p-1/t27-,30+;/m0./s1. The van der Waals surface area contributed by atoms with Crippen LogP contribution < -0.4 is 43.9 Å². The molecule has 3 atom stereocenters. The predicted octanol–water partition coefficient (Wildman–Crippen LogP) is 3.97. The number of nitrogens with zero attached hydrogens (tertiary/aromatic N) is 1. The smallest absolute Gasteiger partial charge is 0.799 e. The third-order valence-corrected chi connectivity index (χ3v) is 8.22. The van der Waals surface area contributed by atoms with Gasteiger partial charge in [0.2, 0.25) is 5.88 Å². The van der Waals surface area contributed by atoms with Gasteiger partial charge in [-0.3, -0.25) is 0 Å². The van der Waals surface area contributed by atoms with E-state index in [2.05, 4.69) is 25.8 Å². The van der Waals surface area contributed by atoms with Gasteiger partial charge in [0.05, 0.1) is 19.4 Å². The van der Waals surface area contributed by atoms with Crippen molar-refractivity contribution in [1.82, 2.24) is 4.98 Å². The first-order chi connectivity index (χ1) is 18.4. The molecular formula is C31H38FNNaO5P. The summed E-state index contributed by atoms with van der Waals surface area (Å²) in [5, 5.41) is 0. The summed E-state index contributed by atoms with van der Waals surface area (Å²) in [4.78, 5) is 16.0. The van der Waals surface area contributed by atoms with Gasteiger partial charge in [0.15, 0.2) is 0 Å². The number of rotatable bonds is 11. The number of hydrogen-bond donors (Lipinski definition) is 0. The fourth-order valence-electron chi connectivity index (χ4n) is 5.23. The molecule has 1 aromatic heterocycles. The Kier molecular flexibility index (Phi) is 11.1. The van der Waals surface area contributed by atoms with E-state index >= 15 is 0 Å². The normalized spacial score (nSPS) is 16.4. The molecule has 0 N–H and O–H groups in total. The topological polar surface area (TPSA) is 80.7 Å². The zero-order chi connectivity index (χ0) is 28.4. The van der Waals surface area contributed by atoms with Crippen molar-refractivity contribution < 1.29 is 57.6 Å². The second kappa shape index (κ2) is 13.5. The van der Waals surface area contributed by atoms with Gasteiger partial charge in [0.1, 0.15) is 18.2 Å². The average Bonchev–Trinajstić information content (AvgIpc) is 3.71. The Morgan fingerprint density at radius 3 is 2.42 bits per heavy atom. The Hall–Kier alpha value is -1.73. The van der Waals surface area contributed by atoms with E-state index in [4.69, 9.17) is 14.2 Å². The fraction of sp³-hybridized carbons (Fsp3) is 0.452. The number of pyridine rings is 1. The van der Waals surface area contributed by atoms with E-state index in [0.29, 0.717) is 35.3 Å². The Bertz CT molecular complexity index is 1350. The first-order valence-corrected chi connectivity index (χ1v) is 15.5. The van der Waals surface area contributed by atoms with Crippen LogP contribution in [0.4, 0.5) is 4.39 Å². The molecule has 1 heterocycles. The molecule has 0 amide bonds. The second-order valence-corrected chi connectivity index (χ2v) is 14.0. The van der Waals surface area contributed by atoms with Crippen molar-refractivity contribution in [3.8, 4) is 22.8 Å². The largest absolute Gasteiger partial charge is 1.00 e. The summed E-state index contributed by atoms with van der Waals surface area (Å²) in [5.74, 6) is 0.976. The molecule has 0 bridgehead atoms. The monoisotopic (exact) mass is 577 g/mol. The minimum absolute atomic E-state index is 0. The molecule has 1 fully saturated rings. The molecule has 1 aliphatic rings. The van der Waals surface area contributed by atoms with Gasteiger partial charge >= 0.3 is 29.6 Å². The van der Waals surface area contributed by atoms with Gasteiger partial charge in [0, 0.05) is 26.1 Å². The van der Waals surface area contributed by atoms with Crippen LogP contribution in [0.2, 0.25) is 0 Å². The van der Waals surface area contributed by atoms with Crippen LogP contribution in [0, 0.1) is 17.2 Å². The van der Waals surface area contributed by atoms with E-state index in [1.165, 1.54) is 20.0 Å². The Morgan fingerprint density at radius 2 is 1.82 bits per heavy atom. The van der Waals surface area contributed by atoms with Crippen molar-refractivity contribution in [3.05, 3.63) is 77.2 Å². The molecule has 3 aromatic rings. The maximum atomic E-state index is 15.0. The van der Waals surface area contributed by atoms with E-state index in [0.717, 1.165) is 29.5 Å². The molecule has 1 aliphatic carbocycles. The van der Waals surface area contributed by atoms with Crippen LogP contribution in [-0.4, -0.2) is 32.0 Å². The van der Waals surface area contributed by atoms with E-state index in [1.807, 2.05) is 42.5 Å². The van der Waals surface area contributed by atoms with Crippen molar-refractivity contribution >= 4 is 7.37 Å². The van der Waals surface area contributed by atoms with E-state index in [-0.39, 0.29) is 53.2 Å². The van der Waals surface area contributed by atoms with Crippen LogP contribution in [0.1, 0.15) is 62.3 Å². The predicted molar refractivity (Wildman–Crippen MR) is 150 cm³/mol. The Labute approximate surface area is 259 Å². The molecule has 4 rings (SSSR count). The minimum atomic E-state index is -3.39. The van der Waals surface area contributed by atoms with Gasteiger partial charge in [-0.1, -0.05) is 45.0 Å². The van der Waals surface area contributed by atoms with Crippen LogP contribution in [0.15, 0.2) is 54.7 Å². The van der Waals surface area contributed by atoms with E-state index in [9.17, 15) is 13.8 Å². The molecule has 40 heavy (non-hydrogen) atoms. The summed E-state index contributed by atoms with van der Waals surface area (Å²) < 4.78 is 44.4. The first-order valence-electron chi connectivity index (χ1n) is 13.3. The molecular weight excluding hydrogens is 539 g/mol. The Balaban J connectivity index is 0.00000441. The number of methoxy groups -OCH3 is 2. The summed E-state index contributed by atoms with van der Waals surface area (Å²) in [5.41, 5.74) is 3.58. The molecule has 0 saturated heterocycles. The number of aromatic nitrogens is 1. The maximum Gasteiger partial charge on any atom is 1.00 e. The summed E-state index contributed by atoms with van der Waals surface area (Å²) >= 11 is 0. The molecule has 0 radical (unpaired) electrons. The second-order valence-electron chi connectivity index (χ2n) is 11.6. The van der Waals surface area contributed by atoms with Gasteiger partial charge in [-0.25, -0.2) is 9.37 Å². The summed E-state index contributed by atoms with van der Waals surface area (Å²) in [7, 11) is -0.232. The summed E-state index contributed by atoms with van der Waals surface area (Å²) in [6, 6.07) is 15.2. The van der Waals surface area contributed by atoms with Crippen LogP contribution in [0.3, 0.4) is 0 Å². The first kappa shape index (κ1) is 32.8. The van der Waals surface area contributed by atoms with Crippen LogP contribution >= 0.6 is 7.37 Å². The zero-order valence-electron chi connectivity index (χ0n) is 24.6. The van der Waals surface area contributed by atoms with Crippen LogP contribution in [-0.2, 0) is 15.9 Å². The summed E-state index contributed by atoms with van der Waals surface area (Å²) in [6.45, 7) is 7.85. The van der Waals surface area contributed by atoms with Gasteiger partial charge in [0.25, 0.3) is 0 Å². The third kappa shape index (κ3) is 8.40. The molecule has 0 aliphatic heterocycles. The molecule has 1 saturated carbocycles. The quantitative estimate of drug-likeness (QED) is 0.254. The summed E-state index contributed by atoms with van der Waals surface area (Å²) in [6.07, 6.45) is 3.14. The van der Waals surface area contributed by atoms with Gasteiger partial charge in [-0.2, -0.15) is 0 Å². The van der Waals surface area contributed by atoms with Gasteiger partial charge in [-0.05, 0) is 83.4 Å². The van der Waals surface area contributed by atoms with E-state index in [1.54, 1.807) is 13.2 Å². The molecule has 2 aromatic carbocycles. The van der Waals surface area contributed by atoms with Gasteiger partial charge < -0.3 is 23.7 Å². The van der Waals surface area contributed by atoms with Crippen molar-refractivity contribution in [3.63, 3.8) is 0 Å². The number of hydrogen-bond acceptors (Lipinski definition) is 6. The molecule has 210 valence electrons. The molecule has 0 spiro atoms. The number of ether oxygens (including phenoxy) is 3. The molecule has 6 nitrogen and oxygen atoms in total. The maximum absolute atomic E-state index is 15.0. The third-order valence-electron chi connectivity index (χ3n) is 7.16. The average molecular weight is 578 g/mol. The SMILES string of the molecule is COc1cc(-c2ccc(COc3cccc([C@@H](CP(C)(=O)[O-])C4CC4)c3)cc2[C@@H](OC)C(C)(C)C)c(F)cn1.[Na+]. The van der Waals surface area contributed by atoms with Crippen molar-refractivity contribution in [1.29, 1.82) is 0 Å². The molecule has 1 unspecified atom stereocenters. The zero-order valence-corrected chi connectivity index (χ0v) is 27.5. The fourth-order valence-corrected chi connectivity index (χ4v) is 6.46. The van der Waals surface area contributed by atoms with Crippen molar-refractivity contribution in [2.75, 3.05) is 27.0 Å². The van der Waals surface area contributed by atoms with Crippen molar-refractivity contribution in [2.45, 2.75) is 52.2 Å². The van der Waals surface area contributed by atoms with Crippen molar-refractivity contribution in [2.24, 2.45) is 11.3 Å². The number of halogens is 1. The van der Waals surface area contributed by atoms with Crippen LogP contribution in [0.5, 0.6) is 11.6 Å². The van der Waals surface area contributed by atoms with Crippen LogP contribution in [0.25, 0.3) is 11.1 Å². The van der Waals surface area contributed by atoms with Gasteiger partial charge in [-0.15, -0.1) is 0 Å². The Morgan fingerprint density at radius 1 is 1.10 bits per heavy atom. The van der Waals surface area contributed by atoms with E-state index < -0.39 is 13.2 Å². The number of benzene rings is 2.